The first-order valence-electron chi connectivity index (χ1n) is 9.84. The van der Waals surface area contributed by atoms with E-state index < -0.39 is 0 Å². The number of amides is 1. The quantitative estimate of drug-likeness (QED) is 0.791. The average Bonchev–Trinajstić information content (AvgIpc) is 3.10. The maximum Gasteiger partial charge on any atom is 0.225 e. The summed E-state index contributed by atoms with van der Waals surface area (Å²) in [7, 11) is 0. The van der Waals surface area contributed by atoms with Gasteiger partial charge < -0.3 is 14.5 Å². The van der Waals surface area contributed by atoms with Gasteiger partial charge >= 0.3 is 0 Å². The Kier molecular flexibility index (Phi) is 5.53. The molecule has 0 aromatic carbocycles. The van der Waals surface area contributed by atoms with Gasteiger partial charge in [0.25, 0.3) is 0 Å². The highest BCUT2D eigenvalue weighted by molar-refractivity contribution is 8.01. The Morgan fingerprint density at radius 2 is 2.15 bits per heavy atom. The molecule has 1 aromatic rings. The van der Waals surface area contributed by atoms with E-state index in [1.807, 2.05) is 36.2 Å². The third kappa shape index (κ3) is 3.92. The number of nitrogens with zero attached hydrogens (tertiary/aromatic N) is 3. The number of hydrogen-bond donors (Lipinski definition) is 0. The second kappa shape index (κ2) is 7.87. The Labute approximate surface area is 160 Å². The number of carbonyl (C=O) groups excluding carboxylic acids is 1. The molecule has 0 unspecified atom stereocenters. The highest BCUT2D eigenvalue weighted by atomic mass is 32.2. The number of carbonyl (C=O) groups is 1. The van der Waals surface area contributed by atoms with Crippen molar-refractivity contribution in [2.75, 3.05) is 38.5 Å². The van der Waals surface area contributed by atoms with E-state index >= 15 is 0 Å². The maximum absolute atomic E-state index is 12.8. The first-order chi connectivity index (χ1) is 12.7. The van der Waals surface area contributed by atoms with Gasteiger partial charge in [0.2, 0.25) is 5.91 Å². The van der Waals surface area contributed by atoms with Gasteiger partial charge in [0.15, 0.2) is 0 Å². The fraction of sp³-hybridized carbons (Fsp3) is 0.700. The predicted molar refractivity (Wildman–Crippen MR) is 104 cm³/mol. The van der Waals surface area contributed by atoms with Gasteiger partial charge in [0.05, 0.1) is 23.2 Å². The maximum atomic E-state index is 12.8. The minimum atomic E-state index is 0.245. The summed E-state index contributed by atoms with van der Waals surface area (Å²) >= 11 is 2.00. The van der Waals surface area contributed by atoms with Crippen LogP contribution in [0.5, 0.6) is 0 Å². The first-order valence-corrected chi connectivity index (χ1v) is 10.8. The smallest absolute Gasteiger partial charge is 0.225 e. The highest BCUT2D eigenvalue weighted by Crippen LogP contribution is 2.46. The van der Waals surface area contributed by atoms with Crippen molar-refractivity contribution < 1.29 is 9.53 Å². The third-order valence-corrected chi connectivity index (χ3v) is 7.60. The van der Waals surface area contributed by atoms with Crippen LogP contribution in [0.2, 0.25) is 0 Å². The van der Waals surface area contributed by atoms with Crippen LogP contribution in [0.3, 0.4) is 0 Å². The van der Waals surface area contributed by atoms with Crippen LogP contribution in [0.4, 0.5) is 0 Å². The van der Waals surface area contributed by atoms with Crippen LogP contribution in [0.25, 0.3) is 0 Å². The minimum Gasteiger partial charge on any atom is -0.371 e. The average molecular weight is 376 g/mol. The molecule has 3 fully saturated rings. The summed E-state index contributed by atoms with van der Waals surface area (Å²) in [6.45, 7) is 7.85. The zero-order valence-electron chi connectivity index (χ0n) is 15.6. The summed E-state index contributed by atoms with van der Waals surface area (Å²) in [4.78, 5) is 21.6. The molecule has 142 valence electrons. The van der Waals surface area contributed by atoms with Gasteiger partial charge in [-0.1, -0.05) is 13.0 Å². The van der Waals surface area contributed by atoms with Gasteiger partial charge in [-0.25, -0.2) is 0 Å². The molecule has 1 amide bonds. The fourth-order valence-electron chi connectivity index (χ4n) is 4.38. The lowest BCUT2D eigenvalue weighted by Gasteiger charge is -2.49. The van der Waals surface area contributed by atoms with Crippen molar-refractivity contribution in [3.05, 3.63) is 30.1 Å². The van der Waals surface area contributed by atoms with E-state index in [0.29, 0.717) is 12.5 Å². The number of likely N-dealkylation sites (tertiary alicyclic amines) is 2. The lowest BCUT2D eigenvalue weighted by atomic mass is 9.88. The van der Waals surface area contributed by atoms with Crippen LogP contribution in [0.1, 0.15) is 31.9 Å². The first kappa shape index (κ1) is 18.3. The number of ether oxygens (including phenoxy) is 1. The molecule has 0 bridgehead atoms. The molecule has 1 spiro atoms. The molecule has 0 saturated carbocycles. The van der Waals surface area contributed by atoms with E-state index in [-0.39, 0.29) is 16.8 Å². The molecular weight excluding hydrogens is 346 g/mol. The number of hydrogen-bond acceptors (Lipinski definition) is 5. The molecule has 4 rings (SSSR count). The fourth-order valence-corrected chi connectivity index (χ4v) is 5.93. The molecule has 0 radical (unpaired) electrons. The lowest BCUT2D eigenvalue weighted by molar-refractivity contribution is -0.142. The second-order valence-corrected chi connectivity index (χ2v) is 9.34. The lowest BCUT2D eigenvalue weighted by Crippen LogP contribution is -2.62. The molecule has 3 aliphatic heterocycles. The van der Waals surface area contributed by atoms with Crippen LogP contribution in [-0.4, -0.2) is 70.0 Å². The molecular formula is C20H29N3O2S. The molecule has 26 heavy (non-hydrogen) atoms. The van der Waals surface area contributed by atoms with Crippen molar-refractivity contribution in [1.82, 2.24) is 14.8 Å². The van der Waals surface area contributed by atoms with E-state index in [0.717, 1.165) is 63.4 Å². The summed E-state index contributed by atoms with van der Waals surface area (Å²) < 4.78 is 6.31. The zero-order chi connectivity index (χ0) is 18.0. The summed E-state index contributed by atoms with van der Waals surface area (Å²) in [6, 6.07) is 5.93. The summed E-state index contributed by atoms with van der Waals surface area (Å²) in [6.07, 6.45) is 5.21. The van der Waals surface area contributed by atoms with E-state index in [2.05, 4.69) is 21.7 Å². The number of pyridine rings is 1. The molecule has 1 atom stereocenters. The Hall–Kier alpha value is -1.11. The monoisotopic (exact) mass is 375 g/mol. The van der Waals surface area contributed by atoms with Gasteiger partial charge in [0.1, 0.15) is 0 Å². The Bertz CT molecular complexity index is 613. The van der Waals surface area contributed by atoms with E-state index in [4.69, 9.17) is 4.74 Å². The summed E-state index contributed by atoms with van der Waals surface area (Å²) in [5, 5.41) is 0. The molecule has 0 aliphatic carbocycles. The zero-order valence-corrected chi connectivity index (χ0v) is 16.4. The van der Waals surface area contributed by atoms with Crippen molar-refractivity contribution >= 4 is 17.7 Å². The second-order valence-electron chi connectivity index (χ2n) is 7.86. The van der Waals surface area contributed by atoms with Gasteiger partial charge in [-0.05, 0) is 51.0 Å². The van der Waals surface area contributed by atoms with Crippen LogP contribution < -0.4 is 0 Å². The molecule has 6 heteroatoms. The van der Waals surface area contributed by atoms with Crippen molar-refractivity contribution in [1.29, 1.82) is 0 Å². The van der Waals surface area contributed by atoms with Gasteiger partial charge in [0, 0.05) is 31.0 Å². The largest absolute Gasteiger partial charge is 0.371 e. The SMILES string of the molecule is CCN1CCC(C(=O)N2CC3(C[C@H](OCc4ccccn4)CS3)C2)CC1. The molecule has 4 heterocycles. The highest BCUT2D eigenvalue weighted by Gasteiger charge is 2.51. The van der Waals surface area contributed by atoms with Crippen molar-refractivity contribution in [2.24, 2.45) is 5.92 Å². The van der Waals surface area contributed by atoms with E-state index in [9.17, 15) is 4.79 Å². The number of thioether (sulfide) groups is 1. The van der Waals surface area contributed by atoms with E-state index in [1.165, 1.54) is 0 Å². The Morgan fingerprint density at radius 1 is 1.35 bits per heavy atom. The molecule has 1 aromatic heterocycles. The van der Waals surface area contributed by atoms with Gasteiger partial charge in [-0.15, -0.1) is 11.8 Å². The van der Waals surface area contributed by atoms with Crippen molar-refractivity contribution in [3.63, 3.8) is 0 Å². The molecule has 0 N–H and O–H groups in total. The Balaban J connectivity index is 1.21. The van der Waals surface area contributed by atoms with Crippen LogP contribution in [-0.2, 0) is 16.1 Å². The third-order valence-electron chi connectivity index (χ3n) is 6.02. The minimum absolute atomic E-state index is 0.245. The molecule has 5 nitrogen and oxygen atoms in total. The van der Waals surface area contributed by atoms with Crippen LogP contribution in [0, 0.1) is 5.92 Å². The van der Waals surface area contributed by atoms with Gasteiger partial charge in [-0.2, -0.15) is 0 Å². The van der Waals surface area contributed by atoms with Crippen molar-refractivity contribution in [2.45, 2.75) is 43.6 Å². The summed E-state index contributed by atoms with van der Waals surface area (Å²) in [5.41, 5.74) is 0.988. The van der Waals surface area contributed by atoms with E-state index in [1.54, 1.807) is 0 Å². The van der Waals surface area contributed by atoms with Crippen molar-refractivity contribution in [3.8, 4) is 0 Å². The topological polar surface area (TPSA) is 45.7 Å². The predicted octanol–water partition coefficient (Wildman–Crippen LogP) is 2.42. The molecule has 3 saturated heterocycles. The number of piperidine rings is 1. The summed E-state index contributed by atoms with van der Waals surface area (Å²) in [5.74, 6) is 1.67. The van der Waals surface area contributed by atoms with Gasteiger partial charge in [-0.3, -0.25) is 9.78 Å². The van der Waals surface area contributed by atoms with Crippen LogP contribution >= 0.6 is 11.8 Å². The number of aromatic nitrogens is 1. The number of rotatable bonds is 5. The molecule has 3 aliphatic rings. The Morgan fingerprint density at radius 3 is 2.85 bits per heavy atom. The normalized spacial score (nSPS) is 26.2. The standard InChI is InChI=1S/C20H29N3O2S/c1-2-22-9-6-16(7-10-22)19(24)23-14-20(15-23)11-18(13-26-20)25-12-17-5-3-4-8-21-17/h3-5,8,16,18H,2,6-7,9-15H2,1H3/t18-/m0/s1. The van der Waals surface area contributed by atoms with Crippen LogP contribution in [0.15, 0.2) is 24.4 Å².